The quantitative estimate of drug-likeness (QED) is 0.857. The van der Waals surface area contributed by atoms with Crippen LogP contribution < -0.4 is 5.73 Å². The van der Waals surface area contributed by atoms with Crippen LogP contribution in [0.2, 0.25) is 0 Å². The van der Waals surface area contributed by atoms with Crippen molar-refractivity contribution in [3.05, 3.63) is 15.6 Å². The lowest BCUT2D eigenvalue weighted by molar-refractivity contribution is 0.184. The number of rotatable bonds is 4. The molecule has 0 saturated heterocycles. The van der Waals surface area contributed by atoms with Gasteiger partial charge in [0.2, 0.25) is 0 Å². The second kappa shape index (κ2) is 3.85. The van der Waals surface area contributed by atoms with Gasteiger partial charge in [0.25, 0.3) is 0 Å². The highest BCUT2D eigenvalue weighted by molar-refractivity contribution is 7.11. The summed E-state index contributed by atoms with van der Waals surface area (Å²) in [4.78, 5) is 5.88. The highest BCUT2D eigenvalue weighted by Crippen LogP contribution is 2.45. The summed E-state index contributed by atoms with van der Waals surface area (Å²) in [5.41, 5.74) is 7.11. The molecule has 0 aromatic carbocycles. The standard InChI is InChI=1S/C11H18N2OS/c1-11(2,12)10-9(7-4-5-7)13-8(15-10)6-14-3/h7H,4-6,12H2,1-3H3. The minimum Gasteiger partial charge on any atom is -0.378 e. The van der Waals surface area contributed by atoms with Crippen molar-refractivity contribution in [2.24, 2.45) is 5.73 Å². The summed E-state index contributed by atoms with van der Waals surface area (Å²) in [6.07, 6.45) is 2.53. The summed E-state index contributed by atoms with van der Waals surface area (Å²) >= 11 is 1.70. The number of hydrogen-bond acceptors (Lipinski definition) is 4. The van der Waals surface area contributed by atoms with Crippen LogP contribution in [-0.2, 0) is 16.9 Å². The van der Waals surface area contributed by atoms with E-state index in [-0.39, 0.29) is 5.54 Å². The zero-order chi connectivity index (χ0) is 11.1. The maximum atomic E-state index is 6.16. The number of nitrogens with two attached hydrogens (primary N) is 1. The van der Waals surface area contributed by atoms with E-state index in [2.05, 4.69) is 4.98 Å². The van der Waals surface area contributed by atoms with Crippen molar-refractivity contribution in [3.63, 3.8) is 0 Å². The molecular formula is C11H18N2OS. The molecule has 1 aromatic rings. The Morgan fingerprint density at radius 3 is 2.67 bits per heavy atom. The van der Waals surface area contributed by atoms with E-state index in [1.54, 1.807) is 18.4 Å². The summed E-state index contributed by atoms with van der Waals surface area (Å²) in [6, 6.07) is 0. The van der Waals surface area contributed by atoms with Crippen LogP contribution in [0.4, 0.5) is 0 Å². The third-order valence-electron chi connectivity index (χ3n) is 2.51. The topological polar surface area (TPSA) is 48.1 Å². The molecule has 0 atom stereocenters. The van der Waals surface area contributed by atoms with Crippen LogP contribution in [0.25, 0.3) is 0 Å². The van der Waals surface area contributed by atoms with Crippen LogP contribution in [0.3, 0.4) is 0 Å². The Labute approximate surface area is 94.7 Å². The lowest BCUT2D eigenvalue weighted by Crippen LogP contribution is -2.28. The van der Waals surface area contributed by atoms with Crippen LogP contribution >= 0.6 is 11.3 Å². The van der Waals surface area contributed by atoms with E-state index in [1.807, 2.05) is 13.8 Å². The van der Waals surface area contributed by atoms with Crippen molar-refractivity contribution in [2.45, 2.75) is 44.8 Å². The molecule has 84 valence electrons. The Bertz CT molecular complexity index is 350. The molecule has 0 bridgehead atoms. The van der Waals surface area contributed by atoms with Crippen molar-refractivity contribution in [2.75, 3.05) is 7.11 Å². The Kier molecular flexibility index (Phi) is 2.83. The number of nitrogens with zero attached hydrogens (tertiary/aromatic N) is 1. The number of thiazole rings is 1. The maximum absolute atomic E-state index is 6.16. The second-order valence-corrected chi connectivity index (χ2v) is 5.83. The third-order valence-corrected chi connectivity index (χ3v) is 3.90. The van der Waals surface area contributed by atoms with Gasteiger partial charge in [-0.1, -0.05) is 0 Å². The molecule has 3 nitrogen and oxygen atoms in total. The van der Waals surface area contributed by atoms with Gasteiger partial charge >= 0.3 is 0 Å². The number of aromatic nitrogens is 1. The lowest BCUT2D eigenvalue weighted by atomic mass is 10.0. The molecule has 0 radical (unpaired) electrons. The Hall–Kier alpha value is -0.450. The molecule has 1 aromatic heterocycles. The number of ether oxygens (including phenoxy) is 1. The summed E-state index contributed by atoms with van der Waals surface area (Å²) in [5, 5.41) is 1.05. The van der Waals surface area contributed by atoms with Gasteiger partial charge in [-0.2, -0.15) is 0 Å². The molecule has 1 saturated carbocycles. The smallest absolute Gasteiger partial charge is 0.119 e. The first-order chi connectivity index (χ1) is 7.02. The predicted molar refractivity (Wildman–Crippen MR) is 62.0 cm³/mol. The average Bonchev–Trinajstić information content (AvgIpc) is 2.87. The molecule has 1 fully saturated rings. The van der Waals surface area contributed by atoms with Crippen LogP contribution in [0, 0.1) is 0 Å². The van der Waals surface area contributed by atoms with E-state index in [9.17, 15) is 0 Å². The molecule has 0 spiro atoms. The van der Waals surface area contributed by atoms with E-state index in [0.29, 0.717) is 12.5 Å². The normalized spacial score (nSPS) is 17.1. The first-order valence-electron chi connectivity index (χ1n) is 5.30. The van der Waals surface area contributed by atoms with Gasteiger partial charge in [0.15, 0.2) is 0 Å². The monoisotopic (exact) mass is 226 g/mol. The van der Waals surface area contributed by atoms with Gasteiger partial charge in [-0.05, 0) is 26.7 Å². The van der Waals surface area contributed by atoms with Gasteiger partial charge in [-0.15, -0.1) is 11.3 Å². The molecular weight excluding hydrogens is 208 g/mol. The number of hydrogen-bond donors (Lipinski definition) is 1. The number of methoxy groups -OCH3 is 1. The Balaban J connectivity index is 2.33. The Morgan fingerprint density at radius 2 is 2.20 bits per heavy atom. The van der Waals surface area contributed by atoms with E-state index in [0.717, 1.165) is 5.01 Å². The molecule has 0 aliphatic heterocycles. The largest absolute Gasteiger partial charge is 0.378 e. The third kappa shape index (κ3) is 2.38. The van der Waals surface area contributed by atoms with Gasteiger partial charge in [0, 0.05) is 23.4 Å². The molecule has 1 aliphatic rings. The highest BCUT2D eigenvalue weighted by atomic mass is 32.1. The zero-order valence-corrected chi connectivity index (χ0v) is 10.4. The fraction of sp³-hybridized carbons (Fsp3) is 0.727. The minimum absolute atomic E-state index is 0.276. The van der Waals surface area contributed by atoms with E-state index >= 15 is 0 Å². The fourth-order valence-corrected chi connectivity index (χ4v) is 2.79. The molecule has 1 heterocycles. The Morgan fingerprint density at radius 1 is 1.53 bits per heavy atom. The maximum Gasteiger partial charge on any atom is 0.119 e. The summed E-state index contributed by atoms with van der Waals surface area (Å²) in [7, 11) is 1.70. The van der Waals surface area contributed by atoms with Crippen LogP contribution in [-0.4, -0.2) is 12.1 Å². The highest BCUT2D eigenvalue weighted by Gasteiger charge is 2.33. The molecule has 4 heteroatoms. The van der Waals surface area contributed by atoms with Crippen molar-refractivity contribution >= 4 is 11.3 Å². The van der Waals surface area contributed by atoms with Gasteiger partial charge in [0.05, 0.1) is 12.3 Å². The molecule has 1 aliphatic carbocycles. The van der Waals surface area contributed by atoms with Gasteiger partial charge in [-0.3, -0.25) is 0 Å². The molecule has 2 rings (SSSR count). The van der Waals surface area contributed by atoms with Crippen molar-refractivity contribution < 1.29 is 4.74 Å². The van der Waals surface area contributed by atoms with Crippen LogP contribution in [0.5, 0.6) is 0 Å². The van der Waals surface area contributed by atoms with Crippen molar-refractivity contribution in [1.82, 2.24) is 4.98 Å². The van der Waals surface area contributed by atoms with Crippen LogP contribution in [0.15, 0.2) is 0 Å². The first-order valence-corrected chi connectivity index (χ1v) is 6.12. The zero-order valence-electron chi connectivity index (χ0n) is 9.54. The fourth-order valence-electron chi connectivity index (χ4n) is 1.66. The molecule has 15 heavy (non-hydrogen) atoms. The van der Waals surface area contributed by atoms with Gasteiger partial charge < -0.3 is 10.5 Å². The van der Waals surface area contributed by atoms with E-state index < -0.39 is 0 Å². The SMILES string of the molecule is COCc1nc(C2CC2)c(C(C)(C)N)s1. The first kappa shape index (κ1) is 11.0. The summed E-state index contributed by atoms with van der Waals surface area (Å²) in [6.45, 7) is 4.69. The van der Waals surface area contributed by atoms with Crippen molar-refractivity contribution in [1.29, 1.82) is 0 Å². The lowest BCUT2D eigenvalue weighted by Gasteiger charge is -2.17. The minimum atomic E-state index is -0.276. The van der Waals surface area contributed by atoms with E-state index in [4.69, 9.17) is 10.5 Å². The van der Waals surface area contributed by atoms with Gasteiger partial charge in [0.1, 0.15) is 5.01 Å². The second-order valence-electron chi connectivity index (χ2n) is 4.75. The van der Waals surface area contributed by atoms with Gasteiger partial charge in [-0.25, -0.2) is 4.98 Å². The van der Waals surface area contributed by atoms with E-state index in [1.165, 1.54) is 23.4 Å². The summed E-state index contributed by atoms with van der Waals surface area (Å²) < 4.78 is 5.12. The predicted octanol–water partition coefficient (Wildman–Crippen LogP) is 2.36. The molecule has 2 N–H and O–H groups in total. The average molecular weight is 226 g/mol. The van der Waals surface area contributed by atoms with Crippen LogP contribution in [0.1, 0.15) is 48.2 Å². The molecule has 0 amide bonds. The summed E-state index contributed by atoms with van der Waals surface area (Å²) in [5.74, 6) is 0.657. The van der Waals surface area contributed by atoms with Crippen molar-refractivity contribution in [3.8, 4) is 0 Å². The molecule has 0 unspecified atom stereocenters.